The first kappa shape index (κ1) is 20.7. The lowest BCUT2D eigenvalue weighted by atomic mass is 9.65. The highest BCUT2D eigenvalue weighted by Gasteiger charge is 2.56. The third-order valence-corrected chi connectivity index (χ3v) is 9.56. The van der Waals surface area contributed by atoms with Crippen LogP contribution in [0.15, 0.2) is 121 Å². The predicted molar refractivity (Wildman–Crippen MR) is 157 cm³/mol. The molecule has 38 heavy (non-hydrogen) atoms. The van der Waals surface area contributed by atoms with Crippen molar-refractivity contribution in [2.45, 2.75) is 24.2 Å². The Hall–Kier alpha value is -4.36. The van der Waals surface area contributed by atoms with E-state index in [2.05, 4.69) is 132 Å². The fraction of sp³-hybridized carbons (Fsp3) is 0.135. The molecule has 4 aliphatic carbocycles. The highest BCUT2D eigenvalue weighted by atomic mass is 15.0. The number of aromatic nitrogens is 1. The predicted octanol–water partition coefficient (Wildman–Crippen LogP) is 8.74. The third kappa shape index (κ3) is 2.38. The first-order valence-corrected chi connectivity index (χ1v) is 13.9. The molecule has 0 saturated carbocycles. The van der Waals surface area contributed by atoms with Gasteiger partial charge in [0.25, 0.3) is 0 Å². The van der Waals surface area contributed by atoms with Gasteiger partial charge in [-0.05, 0) is 76.1 Å². The van der Waals surface area contributed by atoms with E-state index in [9.17, 15) is 0 Å². The molecule has 2 unspecified atom stereocenters. The summed E-state index contributed by atoms with van der Waals surface area (Å²) in [4.78, 5) is 0. The molecule has 1 heteroatoms. The van der Waals surface area contributed by atoms with Gasteiger partial charge < -0.3 is 4.57 Å². The van der Waals surface area contributed by atoms with Crippen LogP contribution in [-0.2, 0) is 11.8 Å². The van der Waals surface area contributed by atoms with Crippen LogP contribution in [0, 0.1) is 5.92 Å². The lowest BCUT2D eigenvalue weighted by molar-refractivity contribution is 0.465. The molecule has 4 aliphatic rings. The first-order chi connectivity index (χ1) is 18.9. The van der Waals surface area contributed by atoms with Crippen molar-refractivity contribution in [2.24, 2.45) is 5.92 Å². The van der Waals surface area contributed by atoms with E-state index in [1.54, 1.807) is 0 Å². The van der Waals surface area contributed by atoms with Crippen LogP contribution in [-0.4, -0.2) is 4.57 Å². The number of nitrogens with zero attached hydrogens (tertiary/aromatic N) is 1. The van der Waals surface area contributed by atoms with Crippen molar-refractivity contribution in [3.05, 3.63) is 155 Å². The van der Waals surface area contributed by atoms with E-state index in [0.29, 0.717) is 11.8 Å². The van der Waals surface area contributed by atoms with E-state index >= 15 is 0 Å². The van der Waals surface area contributed by atoms with Crippen molar-refractivity contribution in [3.8, 4) is 16.8 Å². The van der Waals surface area contributed by atoms with Crippen molar-refractivity contribution in [3.63, 3.8) is 0 Å². The van der Waals surface area contributed by atoms with Crippen molar-refractivity contribution in [1.82, 2.24) is 4.57 Å². The van der Waals surface area contributed by atoms with Gasteiger partial charge >= 0.3 is 0 Å². The summed E-state index contributed by atoms with van der Waals surface area (Å²) in [5, 5.41) is 1.39. The molecular formula is C37H27N. The minimum absolute atomic E-state index is 0.162. The molecule has 5 aromatic rings. The summed E-state index contributed by atoms with van der Waals surface area (Å²) < 4.78 is 2.50. The molecule has 0 bridgehead atoms. The Morgan fingerprint density at radius 3 is 2.29 bits per heavy atom. The molecule has 1 heterocycles. The average Bonchev–Trinajstić information content (AvgIpc) is 3.59. The molecule has 2 atom stereocenters. The summed E-state index contributed by atoms with van der Waals surface area (Å²) in [6, 6.07) is 34.5. The monoisotopic (exact) mass is 485 g/mol. The zero-order chi connectivity index (χ0) is 24.8. The number of hydrogen-bond acceptors (Lipinski definition) is 0. The summed E-state index contributed by atoms with van der Waals surface area (Å²) >= 11 is 0. The van der Waals surface area contributed by atoms with Gasteiger partial charge in [-0.2, -0.15) is 0 Å². The normalized spacial score (nSPS) is 20.8. The number of rotatable bonds is 1. The maximum absolute atomic E-state index is 2.50. The standard InChI is InChI=1S/C37H27N/c1-6-16-31-25(11-1)26-12-2-7-17-32(26)37(31)33-18-8-3-13-27(33)30-23-24(21-22-34(30)37)38-35-19-9-4-14-28(35)29-15-5-10-20-36(29)38/h1-4,6-14,16-23,27,33H,5,15H2. The van der Waals surface area contributed by atoms with Crippen LogP contribution >= 0.6 is 0 Å². The summed E-state index contributed by atoms with van der Waals surface area (Å²) in [6.07, 6.45) is 16.3. The van der Waals surface area contributed by atoms with Crippen LogP contribution in [0.25, 0.3) is 33.8 Å². The number of fused-ring (bicyclic) bond motifs is 13. The molecule has 180 valence electrons. The average molecular weight is 486 g/mol. The molecule has 9 rings (SSSR count). The van der Waals surface area contributed by atoms with Gasteiger partial charge in [0.2, 0.25) is 0 Å². The van der Waals surface area contributed by atoms with Crippen LogP contribution in [0.4, 0.5) is 0 Å². The Morgan fingerprint density at radius 1 is 0.711 bits per heavy atom. The van der Waals surface area contributed by atoms with Crippen LogP contribution in [0.5, 0.6) is 0 Å². The summed E-state index contributed by atoms with van der Waals surface area (Å²) in [7, 11) is 0. The van der Waals surface area contributed by atoms with Crippen molar-refractivity contribution < 1.29 is 0 Å². The quantitative estimate of drug-likeness (QED) is 0.224. The Balaban J connectivity index is 1.35. The van der Waals surface area contributed by atoms with E-state index in [0.717, 1.165) is 12.8 Å². The molecule has 4 aromatic carbocycles. The second kappa shape index (κ2) is 7.36. The zero-order valence-electron chi connectivity index (χ0n) is 21.1. The molecule has 0 aliphatic heterocycles. The van der Waals surface area contributed by atoms with E-state index < -0.39 is 0 Å². The van der Waals surface area contributed by atoms with Gasteiger partial charge in [0, 0.05) is 28.6 Å². The number of allylic oxidation sites excluding steroid dienone is 5. The number of para-hydroxylation sites is 1. The smallest absolute Gasteiger partial charge is 0.0537 e. The maximum atomic E-state index is 2.50. The number of aryl methyl sites for hydroxylation is 1. The van der Waals surface area contributed by atoms with Crippen LogP contribution in [0.1, 0.15) is 45.8 Å². The third-order valence-electron chi connectivity index (χ3n) is 9.56. The Kier molecular flexibility index (Phi) is 4.00. The minimum Gasteiger partial charge on any atom is -0.310 e. The lowest BCUT2D eigenvalue weighted by Crippen LogP contribution is -2.32. The molecule has 0 radical (unpaired) electrons. The molecule has 0 saturated heterocycles. The highest BCUT2D eigenvalue weighted by Crippen LogP contribution is 2.65. The molecular weight excluding hydrogens is 458 g/mol. The minimum atomic E-state index is -0.162. The van der Waals surface area contributed by atoms with E-state index in [4.69, 9.17) is 0 Å². The van der Waals surface area contributed by atoms with Gasteiger partial charge in [0.05, 0.1) is 10.9 Å². The molecule has 0 fully saturated rings. The fourth-order valence-corrected chi connectivity index (χ4v) is 8.20. The van der Waals surface area contributed by atoms with Crippen molar-refractivity contribution >= 4 is 17.0 Å². The Morgan fingerprint density at radius 2 is 1.45 bits per heavy atom. The van der Waals surface area contributed by atoms with Gasteiger partial charge in [0.1, 0.15) is 0 Å². The lowest BCUT2D eigenvalue weighted by Gasteiger charge is -2.36. The largest absolute Gasteiger partial charge is 0.310 e. The number of benzene rings is 4. The summed E-state index contributed by atoms with van der Waals surface area (Å²) in [5.41, 5.74) is 13.9. The number of hydrogen-bond donors (Lipinski definition) is 0. The molecule has 0 amide bonds. The second-order valence-corrected chi connectivity index (χ2v) is 11.1. The van der Waals surface area contributed by atoms with E-state index in [1.807, 2.05) is 0 Å². The van der Waals surface area contributed by atoms with Crippen LogP contribution < -0.4 is 0 Å². The van der Waals surface area contributed by atoms with Gasteiger partial charge in [-0.3, -0.25) is 0 Å². The Labute approximate surface area is 223 Å². The zero-order valence-corrected chi connectivity index (χ0v) is 21.1. The maximum Gasteiger partial charge on any atom is 0.0537 e. The van der Waals surface area contributed by atoms with Gasteiger partial charge in [-0.1, -0.05) is 103 Å². The van der Waals surface area contributed by atoms with E-state index in [-0.39, 0.29) is 5.41 Å². The van der Waals surface area contributed by atoms with Crippen LogP contribution in [0.3, 0.4) is 0 Å². The second-order valence-electron chi connectivity index (χ2n) is 11.1. The molecule has 0 N–H and O–H groups in total. The molecule has 1 aromatic heterocycles. The van der Waals surface area contributed by atoms with Crippen LogP contribution in [0.2, 0.25) is 0 Å². The van der Waals surface area contributed by atoms with E-state index in [1.165, 1.54) is 61.2 Å². The summed E-state index contributed by atoms with van der Waals surface area (Å²) in [5.74, 6) is 0.708. The van der Waals surface area contributed by atoms with Gasteiger partial charge in [0.15, 0.2) is 0 Å². The highest BCUT2D eigenvalue weighted by molar-refractivity contribution is 5.91. The van der Waals surface area contributed by atoms with Gasteiger partial charge in [-0.15, -0.1) is 0 Å². The van der Waals surface area contributed by atoms with Crippen molar-refractivity contribution in [1.29, 1.82) is 0 Å². The summed E-state index contributed by atoms with van der Waals surface area (Å²) in [6.45, 7) is 0. The Bertz CT molecular complexity index is 1850. The first-order valence-electron chi connectivity index (χ1n) is 13.9. The SMILES string of the molecule is C1=CC2c3cc(-n4c5c(c6ccccc64)CCC=C5)ccc3C3(c4ccccc4-c4ccccc43)C2C=C1. The van der Waals surface area contributed by atoms with Gasteiger partial charge in [-0.25, -0.2) is 0 Å². The molecule has 1 spiro atoms. The fourth-order valence-electron chi connectivity index (χ4n) is 8.20. The van der Waals surface area contributed by atoms with Crippen molar-refractivity contribution in [2.75, 3.05) is 0 Å². The topological polar surface area (TPSA) is 4.93 Å². The molecule has 1 nitrogen and oxygen atoms in total.